The van der Waals surface area contributed by atoms with E-state index in [-0.39, 0.29) is 22.8 Å². The fraction of sp³-hybridized carbons (Fsp3) is 0.360. The molecule has 0 unspecified atom stereocenters. The summed E-state index contributed by atoms with van der Waals surface area (Å²) in [4.78, 5) is 21.7. The van der Waals surface area contributed by atoms with E-state index in [1.165, 1.54) is 13.3 Å². The number of methoxy groups -OCH3 is 1. The zero-order chi connectivity index (χ0) is 26.3. The molecule has 1 saturated heterocycles. The second kappa shape index (κ2) is 9.51. The van der Waals surface area contributed by atoms with Gasteiger partial charge >= 0.3 is 6.18 Å². The molecule has 12 heteroatoms. The van der Waals surface area contributed by atoms with Gasteiger partial charge < -0.3 is 9.64 Å². The van der Waals surface area contributed by atoms with E-state index in [1.807, 2.05) is 20.2 Å². The second-order valence-electron chi connectivity index (χ2n) is 9.03. The van der Waals surface area contributed by atoms with Crippen molar-refractivity contribution in [2.45, 2.75) is 19.6 Å². The Morgan fingerprint density at radius 1 is 1.11 bits per heavy atom. The number of aromatic nitrogens is 5. The first-order valence-electron chi connectivity index (χ1n) is 11.7. The smallest absolute Gasteiger partial charge is 0.433 e. The number of rotatable bonds is 5. The molecule has 4 aromatic rings. The molecule has 1 aliphatic rings. The van der Waals surface area contributed by atoms with Crippen LogP contribution < -0.4 is 4.74 Å². The van der Waals surface area contributed by atoms with Gasteiger partial charge in [-0.05, 0) is 37.3 Å². The average Bonchev–Trinajstić information content (AvgIpc) is 3.44. The van der Waals surface area contributed by atoms with E-state index < -0.39 is 11.9 Å². The molecule has 0 N–H and O–H groups in total. The molecule has 1 aliphatic heterocycles. The molecule has 0 bridgehead atoms. The van der Waals surface area contributed by atoms with Gasteiger partial charge in [0.05, 0.1) is 24.7 Å². The van der Waals surface area contributed by atoms with Crippen LogP contribution in [0.4, 0.5) is 13.2 Å². The number of alkyl halides is 3. The molecule has 3 aromatic heterocycles. The fourth-order valence-corrected chi connectivity index (χ4v) is 4.55. The average molecular weight is 514 g/mol. The molecule has 1 aromatic carbocycles. The zero-order valence-corrected chi connectivity index (χ0v) is 20.7. The van der Waals surface area contributed by atoms with Crippen LogP contribution >= 0.6 is 0 Å². The maximum Gasteiger partial charge on any atom is 0.433 e. The van der Waals surface area contributed by atoms with Crippen LogP contribution in [0.5, 0.6) is 5.75 Å². The van der Waals surface area contributed by atoms with Crippen molar-refractivity contribution in [3.05, 3.63) is 65.2 Å². The molecule has 0 atom stereocenters. The van der Waals surface area contributed by atoms with Crippen molar-refractivity contribution in [3.8, 4) is 17.0 Å². The van der Waals surface area contributed by atoms with Gasteiger partial charge in [0.25, 0.3) is 5.91 Å². The van der Waals surface area contributed by atoms with E-state index in [1.54, 1.807) is 33.8 Å². The summed E-state index contributed by atoms with van der Waals surface area (Å²) in [6.07, 6.45) is -1.54. The van der Waals surface area contributed by atoms with Gasteiger partial charge in [-0.3, -0.25) is 14.4 Å². The Labute approximate surface area is 211 Å². The summed E-state index contributed by atoms with van der Waals surface area (Å²) in [6, 6.07) is 7.47. The largest absolute Gasteiger partial charge is 0.497 e. The zero-order valence-electron chi connectivity index (χ0n) is 20.7. The maximum atomic E-state index is 13.9. The second-order valence-corrected chi connectivity index (χ2v) is 9.03. The molecule has 0 spiro atoms. The van der Waals surface area contributed by atoms with Crippen molar-refractivity contribution in [3.63, 3.8) is 0 Å². The molecule has 1 amide bonds. The number of fused-ring (bicyclic) bond motifs is 1. The summed E-state index contributed by atoms with van der Waals surface area (Å²) in [7, 11) is 3.38. The number of benzene rings is 1. The Morgan fingerprint density at radius 2 is 1.81 bits per heavy atom. The molecule has 9 nitrogen and oxygen atoms in total. The highest BCUT2D eigenvalue weighted by Crippen LogP contribution is 2.33. The molecule has 194 valence electrons. The standard InChI is InChI=1S/C25H26F3N7O2/c1-16-18(14-32(2)31-16)15-33-8-10-34(11-9-33)24(36)20-13-29-35-22(25(26,27)28)12-21(30-23(20)35)17-4-6-19(37-3)7-5-17/h4-7,12-14H,8-11,15H2,1-3H3. The molecule has 0 aliphatic carbocycles. The third-order valence-corrected chi connectivity index (χ3v) is 6.55. The van der Waals surface area contributed by atoms with Crippen molar-refractivity contribution >= 4 is 11.6 Å². The highest BCUT2D eigenvalue weighted by molar-refractivity contribution is 6.00. The van der Waals surface area contributed by atoms with Gasteiger partial charge in [-0.1, -0.05) is 0 Å². The van der Waals surface area contributed by atoms with Crippen molar-refractivity contribution in [1.29, 1.82) is 0 Å². The molecule has 37 heavy (non-hydrogen) atoms. The molecular formula is C25H26F3N7O2. The minimum atomic E-state index is -4.69. The summed E-state index contributed by atoms with van der Waals surface area (Å²) >= 11 is 0. The van der Waals surface area contributed by atoms with Crippen LogP contribution in [-0.2, 0) is 19.8 Å². The third-order valence-electron chi connectivity index (χ3n) is 6.55. The molecule has 0 saturated carbocycles. The maximum absolute atomic E-state index is 13.9. The van der Waals surface area contributed by atoms with Crippen LogP contribution in [0.15, 0.2) is 42.7 Å². The van der Waals surface area contributed by atoms with Crippen LogP contribution in [0, 0.1) is 6.92 Å². The van der Waals surface area contributed by atoms with Crippen LogP contribution in [0.2, 0.25) is 0 Å². The third kappa shape index (κ3) is 4.88. The number of hydrogen-bond acceptors (Lipinski definition) is 6. The van der Waals surface area contributed by atoms with Gasteiger partial charge in [0, 0.05) is 57.1 Å². The number of ether oxygens (including phenoxy) is 1. The fourth-order valence-electron chi connectivity index (χ4n) is 4.55. The van der Waals surface area contributed by atoms with Gasteiger partial charge in [0.1, 0.15) is 11.3 Å². The van der Waals surface area contributed by atoms with E-state index in [4.69, 9.17) is 4.74 Å². The minimum Gasteiger partial charge on any atom is -0.497 e. The monoisotopic (exact) mass is 513 g/mol. The summed E-state index contributed by atoms with van der Waals surface area (Å²) in [5, 5.41) is 8.26. The lowest BCUT2D eigenvalue weighted by Gasteiger charge is -2.34. The van der Waals surface area contributed by atoms with Gasteiger partial charge in [-0.15, -0.1) is 0 Å². The van der Waals surface area contributed by atoms with Crippen LogP contribution in [0.25, 0.3) is 16.9 Å². The number of amides is 1. The molecular weight excluding hydrogens is 487 g/mol. The highest BCUT2D eigenvalue weighted by atomic mass is 19.4. The van der Waals surface area contributed by atoms with Crippen molar-refractivity contribution in [1.82, 2.24) is 34.2 Å². The summed E-state index contributed by atoms with van der Waals surface area (Å²) in [5.41, 5.74) is 1.56. The number of carbonyl (C=O) groups excluding carboxylic acids is 1. The van der Waals surface area contributed by atoms with E-state index in [0.717, 1.165) is 23.9 Å². The van der Waals surface area contributed by atoms with E-state index in [9.17, 15) is 18.0 Å². The van der Waals surface area contributed by atoms with Crippen LogP contribution in [0.3, 0.4) is 0 Å². The first-order valence-corrected chi connectivity index (χ1v) is 11.7. The number of nitrogens with zero attached hydrogens (tertiary/aromatic N) is 7. The number of piperazine rings is 1. The summed E-state index contributed by atoms with van der Waals surface area (Å²) in [6.45, 7) is 4.84. The van der Waals surface area contributed by atoms with E-state index in [2.05, 4.69) is 20.1 Å². The lowest BCUT2D eigenvalue weighted by molar-refractivity contribution is -0.142. The van der Waals surface area contributed by atoms with E-state index in [0.29, 0.717) is 42.0 Å². The predicted molar refractivity (Wildman–Crippen MR) is 129 cm³/mol. The Bertz CT molecular complexity index is 1440. The van der Waals surface area contributed by atoms with Crippen LogP contribution in [0.1, 0.15) is 27.3 Å². The van der Waals surface area contributed by atoms with Crippen molar-refractivity contribution in [2.75, 3.05) is 33.3 Å². The predicted octanol–water partition coefficient (Wildman–Crippen LogP) is 3.42. The molecule has 5 rings (SSSR count). The van der Waals surface area contributed by atoms with Crippen molar-refractivity contribution in [2.24, 2.45) is 7.05 Å². The SMILES string of the molecule is COc1ccc(-c2cc(C(F)(F)F)n3ncc(C(=O)N4CCN(Cc5cn(C)nc5C)CC4)c3n2)cc1. The quantitative estimate of drug-likeness (QED) is 0.407. The van der Waals surface area contributed by atoms with Gasteiger partial charge in [0.15, 0.2) is 11.3 Å². The van der Waals surface area contributed by atoms with Gasteiger partial charge in [-0.25, -0.2) is 9.50 Å². The Kier molecular flexibility index (Phi) is 6.36. The molecule has 1 fully saturated rings. The Hall–Kier alpha value is -3.93. The van der Waals surface area contributed by atoms with E-state index >= 15 is 0 Å². The van der Waals surface area contributed by atoms with Gasteiger partial charge in [0.2, 0.25) is 0 Å². The van der Waals surface area contributed by atoms with Gasteiger partial charge in [-0.2, -0.15) is 23.4 Å². The molecule has 0 radical (unpaired) electrons. The molecule has 4 heterocycles. The van der Waals surface area contributed by atoms with Crippen LogP contribution in [-0.4, -0.2) is 73.4 Å². The topological polar surface area (TPSA) is 80.8 Å². The summed E-state index contributed by atoms with van der Waals surface area (Å²) < 4.78 is 49.4. The lowest BCUT2D eigenvalue weighted by atomic mass is 10.1. The number of halogens is 3. The number of aryl methyl sites for hydroxylation is 2. The number of hydrogen-bond donors (Lipinski definition) is 0. The Morgan fingerprint density at radius 3 is 2.41 bits per heavy atom. The summed E-state index contributed by atoms with van der Waals surface area (Å²) in [5.74, 6) is 0.179. The Balaban J connectivity index is 1.41. The number of carbonyl (C=O) groups is 1. The minimum absolute atomic E-state index is 0.0393. The lowest BCUT2D eigenvalue weighted by Crippen LogP contribution is -2.48. The first kappa shape index (κ1) is 24.8. The van der Waals surface area contributed by atoms with Crippen molar-refractivity contribution < 1.29 is 22.7 Å². The first-order chi connectivity index (χ1) is 17.6. The normalized spacial score (nSPS) is 14.9. The highest BCUT2D eigenvalue weighted by Gasteiger charge is 2.36.